The minimum Gasteiger partial charge on any atom is -0.389 e. The monoisotopic (exact) mass is 327 g/mol. The second kappa shape index (κ2) is 7.59. The average Bonchev–Trinajstić information content (AvgIpc) is 3.01. The molecule has 1 fully saturated rings. The summed E-state index contributed by atoms with van der Waals surface area (Å²) in [7, 11) is 0. The highest BCUT2D eigenvalue weighted by molar-refractivity contribution is 4.99. The smallest absolute Gasteiger partial charge is 0.346 e. The zero-order valence-corrected chi connectivity index (χ0v) is 14.7. The van der Waals surface area contributed by atoms with Gasteiger partial charge in [-0.1, -0.05) is 6.92 Å². The number of aliphatic hydroxyl groups excluding tert-OH is 1. The molecule has 2 heterocycles. The Morgan fingerprint density at radius 3 is 2.61 bits per heavy atom. The van der Waals surface area contributed by atoms with Gasteiger partial charge in [-0.3, -0.25) is 4.57 Å². The van der Waals surface area contributed by atoms with E-state index in [-0.39, 0.29) is 37.1 Å². The molecule has 0 aromatic carbocycles. The van der Waals surface area contributed by atoms with Crippen molar-refractivity contribution in [2.45, 2.75) is 71.9 Å². The van der Waals surface area contributed by atoms with E-state index in [9.17, 15) is 9.90 Å². The number of hydrogen-bond acceptors (Lipinski definition) is 5. The van der Waals surface area contributed by atoms with Gasteiger partial charge in [-0.05, 0) is 40.0 Å². The molecule has 1 aliphatic heterocycles. The molecule has 7 nitrogen and oxygen atoms in total. The fourth-order valence-corrected chi connectivity index (χ4v) is 2.82. The van der Waals surface area contributed by atoms with E-state index >= 15 is 0 Å². The standard InChI is InChI=1S/C16H29N3O4/c1-10(2)19-15(14-12(5)6-7-22-14)17-18(16(19)21)8-13(20)9-23-11(3)4/h10-14,20H,6-9H2,1-5H3/t12-,13+,14+/m1/s1. The first-order valence-electron chi connectivity index (χ1n) is 8.41. The number of aliphatic hydroxyl groups is 1. The summed E-state index contributed by atoms with van der Waals surface area (Å²) < 4.78 is 14.2. The van der Waals surface area contributed by atoms with E-state index in [0.717, 1.165) is 6.42 Å². The van der Waals surface area contributed by atoms with Crippen LogP contribution in [0.5, 0.6) is 0 Å². The van der Waals surface area contributed by atoms with E-state index in [1.807, 2.05) is 27.7 Å². The van der Waals surface area contributed by atoms with Crippen molar-refractivity contribution < 1.29 is 14.6 Å². The molecule has 23 heavy (non-hydrogen) atoms. The number of ether oxygens (including phenoxy) is 2. The summed E-state index contributed by atoms with van der Waals surface area (Å²) in [6.07, 6.45) is 0.0861. The van der Waals surface area contributed by atoms with Crippen LogP contribution in [0.15, 0.2) is 4.79 Å². The van der Waals surface area contributed by atoms with Gasteiger partial charge in [-0.25, -0.2) is 9.48 Å². The minimum atomic E-state index is -0.764. The van der Waals surface area contributed by atoms with Crippen LogP contribution in [0.3, 0.4) is 0 Å². The molecule has 0 bridgehead atoms. The van der Waals surface area contributed by atoms with Crippen LogP contribution in [0.1, 0.15) is 59.0 Å². The van der Waals surface area contributed by atoms with E-state index in [2.05, 4.69) is 12.0 Å². The van der Waals surface area contributed by atoms with Crippen molar-refractivity contribution in [1.29, 1.82) is 0 Å². The Bertz CT molecular complexity index is 564. The SMILES string of the molecule is CC(C)OC[C@@H](O)Cn1nc([C@H]2OCC[C@H]2C)n(C(C)C)c1=O. The number of aromatic nitrogens is 3. The molecule has 132 valence electrons. The molecule has 0 aliphatic carbocycles. The molecule has 0 saturated carbocycles. The van der Waals surface area contributed by atoms with Gasteiger partial charge >= 0.3 is 5.69 Å². The van der Waals surface area contributed by atoms with Crippen molar-refractivity contribution in [1.82, 2.24) is 14.3 Å². The number of nitrogens with zero attached hydrogens (tertiary/aromatic N) is 3. The quantitative estimate of drug-likeness (QED) is 0.821. The molecule has 0 amide bonds. The zero-order valence-electron chi connectivity index (χ0n) is 14.7. The first kappa shape index (κ1) is 18.2. The lowest BCUT2D eigenvalue weighted by molar-refractivity contribution is -0.00264. The van der Waals surface area contributed by atoms with Crippen LogP contribution in [0.4, 0.5) is 0 Å². The van der Waals surface area contributed by atoms with Crippen LogP contribution in [0.2, 0.25) is 0 Å². The number of hydrogen-bond donors (Lipinski definition) is 1. The maximum atomic E-state index is 12.6. The Hall–Kier alpha value is -1.18. The molecular formula is C16H29N3O4. The number of rotatable bonds is 7. The predicted molar refractivity (Wildman–Crippen MR) is 86.4 cm³/mol. The summed E-state index contributed by atoms with van der Waals surface area (Å²) in [6, 6.07) is -0.00768. The second-order valence-electron chi connectivity index (χ2n) is 6.88. The molecular weight excluding hydrogens is 298 g/mol. The molecule has 3 atom stereocenters. The molecule has 0 radical (unpaired) electrons. The highest BCUT2D eigenvalue weighted by atomic mass is 16.5. The van der Waals surface area contributed by atoms with E-state index < -0.39 is 6.10 Å². The van der Waals surface area contributed by atoms with Gasteiger partial charge < -0.3 is 14.6 Å². The summed E-state index contributed by atoms with van der Waals surface area (Å²) in [4.78, 5) is 12.6. The third kappa shape index (κ3) is 4.22. The Morgan fingerprint density at radius 1 is 1.39 bits per heavy atom. The Balaban J connectivity index is 2.22. The van der Waals surface area contributed by atoms with Crippen molar-refractivity contribution in [3.8, 4) is 0 Å². The Morgan fingerprint density at radius 2 is 2.09 bits per heavy atom. The van der Waals surface area contributed by atoms with Crippen molar-refractivity contribution in [2.75, 3.05) is 13.2 Å². The van der Waals surface area contributed by atoms with Crippen LogP contribution in [0, 0.1) is 5.92 Å². The van der Waals surface area contributed by atoms with Gasteiger partial charge in [0.2, 0.25) is 0 Å². The third-order valence-corrected chi connectivity index (χ3v) is 4.06. The second-order valence-corrected chi connectivity index (χ2v) is 6.88. The van der Waals surface area contributed by atoms with Crippen molar-refractivity contribution >= 4 is 0 Å². The Labute approximate surface area is 137 Å². The first-order chi connectivity index (χ1) is 10.8. The van der Waals surface area contributed by atoms with Crippen LogP contribution >= 0.6 is 0 Å². The summed E-state index contributed by atoms with van der Waals surface area (Å²) in [5.74, 6) is 0.990. The van der Waals surface area contributed by atoms with Gasteiger partial charge in [0.1, 0.15) is 6.10 Å². The van der Waals surface area contributed by atoms with Crippen LogP contribution in [-0.2, 0) is 16.0 Å². The van der Waals surface area contributed by atoms with E-state index in [1.54, 1.807) is 4.57 Å². The Kier molecular flexibility index (Phi) is 6.00. The lowest BCUT2D eigenvalue weighted by atomic mass is 10.0. The van der Waals surface area contributed by atoms with Gasteiger partial charge in [-0.2, -0.15) is 5.10 Å². The fourth-order valence-electron chi connectivity index (χ4n) is 2.82. The molecule has 2 rings (SSSR count). The summed E-state index contributed by atoms with van der Waals surface area (Å²) in [6.45, 7) is 10.8. The van der Waals surface area contributed by atoms with Crippen molar-refractivity contribution in [3.05, 3.63) is 16.3 Å². The lowest BCUT2D eigenvalue weighted by Gasteiger charge is -2.16. The fraction of sp³-hybridized carbons (Fsp3) is 0.875. The van der Waals surface area contributed by atoms with Crippen molar-refractivity contribution in [2.24, 2.45) is 5.92 Å². The molecule has 1 aliphatic rings. The highest BCUT2D eigenvalue weighted by Gasteiger charge is 2.32. The summed E-state index contributed by atoms with van der Waals surface area (Å²) in [5.41, 5.74) is -0.207. The zero-order chi connectivity index (χ0) is 17.1. The van der Waals surface area contributed by atoms with E-state index in [0.29, 0.717) is 18.3 Å². The maximum absolute atomic E-state index is 12.6. The summed E-state index contributed by atoms with van der Waals surface area (Å²) >= 11 is 0. The van der Waals surface area contributed by atoms with Crippen molar-refractivity contribution in [3.63, 3.8) is 0 Å². The predicted octanol–water partition coefficient (Wildman–Crippen LogP) is 1.51. The van der Waals surface area contributed by atoms with Gasteiger partial charge in [0.05, 0.1) is 25.4 Å². The third-order valence-electron chi connectivity index (χ3n) is 4.06. The normalized spacial score (nSPS) is 23.1. The molecule has 1 N–H and O–H groups in total. The van der Waals surface area contributed by atoms with E-state index in [4.69, 9.17) is 9.47 Å². The molecule has 1 aromatic rings. The van der Waals surface area contributed by atoms with Crippen LogP contribution < -0.4 is 5.69 Å². The molecule has 0 spiro atoms. The van der Waals surface area contributed by atoms with E-state index in [1.165, 1.54) is 4.68 Å². The average molecular weight is 327 g/mol. The molecule has 1 saturated heterocycles. The van der Waals surface area contributed by atoms with Crippen LogP contribution in [-0.4, -0.2) is 44.9 Å². The largest absolute Gasteiger partial charge is 0.389 e. The van der Waals surface area contributed by atoms with Gasteiger partial charge in [-0.15, -0.1) is 0 Å². The minimum absolute atomic E-state index is 0.00768. The topological polar surface area (TPSA) is 78.5 Å². The van der Waals surface area contributed by atoms with Crippen LogP contribution in [0.25, 0.3) is 0 Å². The maximum Gasteiger partial charge on any atom is 0.346 e. The van der Waals surface area contributed by atoms with Gasteiger partial charge in [0, 0.05) is 12.6 Å². The molecule has 7 heteroatoms. The molecule has 1 aromatic heterocycles. The summed E-state index contributed by atoms with van der Waals surface area (Å²) in [5, 5.41) is 14.5. The lowest BCUT2D eigenvalue weighted by Crippen LogP contribution is -2.32. The van der Waals surface area contributed by atoms with Gasteiger partial charge in [0.15, 0.2) is 5.82 Å². The highest BCUT2D eigenvalue weighted by Crippen LogP contribution is 2.33. The van der Waals surface area contributed by atoms with Gasteiger partial charge in [0.25, 0.3) is 0 Å². The first-order valence-corrected chi connectivity index (χ1v) is 8.41. The molecule has 0 unspecified atom stereocenters.